The van der Waals surface area contributed by atoms with Crippen LogP contribution in [0, 0.1) is 6.92 Å². The number of rotatable bonds is 6. The number of sulfonamides is 1. The van der Waals surface area contributed by atoms with Crippen LogP contribution in [0.25, 0.3) is 0 Å². The minimum absolute atomic E-state index is 0.185. The number of hydrogen-bond acceptors (Lipinski definition) is 4. The Bertz CT molecular complexity index is 727. The maximum atomic E-state index is 12.2. The van der Waals surface area contributed by atoms with Crippen LogP contribution in [0.5, 0.6) is 5.75 Å². The summed E-state index contributed by atoms with van der Waals surface area (Å²) < 4.78 is 32.7. The summed E-state index contributed by atoms with van der Waals surface area (Å²) in [6.07, 6.45) is 0. The number of benzene rings is 2. The number of anilines is 1. The van der Waals surface area contributed by atoms with E-state index in [9.17, 15) is 8.42 Å². The molecular weight excluding hydrogens is 300 g/mol. The Balaban J connectivity index is 1.98. The first-order valence-electron chi connectivity index (χ1n) is 6.95. The van der Waals surface area contributed by atoms with Gasteiger partial charge in [-0.05, 0) is 49.7 Å². The van der Waals surface area contributed by atoms with Crippen molar-refractivity contribution in [1.29, 1.82) is 0 Å². The number of nitrogen functional groups attached to an aromatic ring is 1. The fourth-order valence-electron chi connectivity index (χ4n) is 1.95. The van der Waals surface area contributed by atoms with E-state index < -0.39 is 10.0 Å². The molecule has 5 nitrogen and oxygen atoms in total. The van der Waals surface area contributed by atoms with Crippen molar-refractivity contribution in [3.8, 4) is 5.75 Å². The van der Waals surface area contributed by atoms with E-state index in [1.165, 1.54) is 12.1 Å². The summed E-state index contributed by atoms with van der Waals surface area (Å²) >= 11 is 0. The van der Waals surface area contributed by atoms with Crippen LogP contribution in [-0.4, -0.2) is 21.1 Å². The molecule has 0 aliphatic heterocycles. The van der Waals surface area contributed by atoms with E-state index in [1.54, 1.807) is 19.1 Å². The zero-order valence-corrected chi connectivity index (χ0v) is 13.4. The van der Waals surface area contributed by atoms with Gasteiger partial charge in [-0.1, -0.05) is 18.2 Å². The molecule has 0 aromatic heterocycles. The standard InChI is InChI=1S/C16H20N2O3S/c1-12-5-3-4-6-16(12)21-11-13(2)18-22(19,20)15-9-7-14(17)8-10-15/h3-10,13,18H,11,17H2,1-2H3. The second-order valence-corrected chi connectivity index (χ2v) is 6.88. The third kappa shape index (κ3) is 4.22. The summed E-state index contributed by atoms with van der Waals surface area (Å²) in [6.45, 7) is 3.95. The van der Waals surface area contributed by atoms with Crippen molar-refractivity contribution in [2.24, 2.45) is 0 Å². The van der Waals surface area contributed by atoms with E-state index in [0.29, 0.717) is 5.69 Å². The first-order chi connectivity index (χ1) is 10.4. The predicted octanol–water partition coefficient (Wildman–Crippen LogP) is 2.32. The summed E-state index contributed by atoms with van der Waals surface area (Å²) in [5.74, 6) is 0.751. The molecule has 0 heterocycles. The quantitative estimate of drug-likeness (QED) is 0.800. The molecule has 118 valence electrons. The molecule has 1 atom stereocenters. The molecule has 0 spiro atoms. The molecule has 6 heteroatoms. The van der Waals surface area contributed by atoms with Crippen molar-refractivity contribution in [1.82, 2.24) is 4.72 Å². The van der Waals surface area contributed by atoms with Crippen LogP contribution in [0.15, 0.2) is 53.4 Å². The Hall–Kier alpha value is -2.05. The largest absolute Gasteiger partial charge is 0.492 e. The Kier molecular flexibility index (Phi) is 5.05. The van der Waals surface area contributed by atoms with Crippen molar-refractivity contribution >= 4 is 15.7 Å². The molecule has 0 aliphatic carbocycles. The summed E-state index contributed by atoms with van der Waals surface area (Å²) in [5, 5.41) is 0. The van der Waals surface area contributed by atoms with Crippen molar-refractivity contribution in [2.75, 3.05) is 12.3 Å². The second-order valence-electron chi connectivity index (χ2n) is 5.17. The van der Waals surface area contributed by atoms with E-state index in [2.05, 4.69) is 4.72 Å². The van der Waals surface area contributed by atoms with Crippen molar-refractivity contribution in [2.45, 2.75) is 24.8 Å². The van der Waals surface area contributed by atoms with E-state index in [4.69, 9.17) is 10.5 Å². The van der Waals surface area contributed by atoms with Gasteiger partial charge in [0.25, 0.3) is 0 Å². The van der Waals surface area contributed by atoms with Gasteiger partial charge in [-0.2, -0.15) is 0 Å². The zero-order valence-electron chi connectivity index (χ0n) is 12.6. The summed E-state index contributed by atoms with van der Waals surface area (Å²) in [4.78, 5) is 0.185. The maximum Gasteiger partial charge on any atom is 0.240 e. The highest BCUT2D eigenvalue weighted by molar-refractivity contribution is 7.89. The molecule has 2 rings (SSSR count). The van der Waals surface area contributed by atoms with Gasteiger partial charge in [0.2, 0.25) is 10.0 Å². The topological polar surface area (TPSA) is 81.4 Å². The highest BCUT2D eigenvalue weighted by Crippen LogP contribution is 2.17. The van der Waals surface area contributed by atoms with Crippen LogP contribution in [-0.2, 0) is 10.0 Å². The van der Waals surface area contributed by atoms with Gasteiger partial charge in [-0.15, -0.1) is 0 Å². The monoisotopic (exact) mass is 320 g/mol. The molecule has 2 aromatic carbocycles. The van der Waals surface area contributed by atoms with Crippen LogP contribution in [0.2, 0.25) is 0 Å². The van der Waals surface area contributed by atoms with Crippen LogP contribution < -0.4 is 15.2 Å². The molecule has 0 aliphatic rings. The lowest BCUT2D eigenvalue weighted by Crippen LogP contribution is -2.36. The lowest BCUT2D eigenvalue weighted by Gasteiger charge is -2.16. The smallest absolute Gasteiger partial charge is 0.240 e. The minimum Gasteiger partial charge on any atom is -0.492 e. The van der Waals surface area contributed by atoms with Gasteiger partial charge in [0.05, 0.1) is 10.9 Å². The van der Waals surface area contributed by atoms with Crippen LogP contribution in [0.4, 0.5) is 5.69 Å². The van der Waals surface area contributed by atoms with Gasteiger partial charge in [0.1, 0.15) is 12.4 Å². The SMILES string of the molecule is Cc1ccccc1OCC(C)NS(=O)(=O)c1ccc(N)cc1. The molecule has 0 saturated carbocycles. The molecule has 0 fully saturated rings. The van der Waals surface area contributed by atoms with Gasteiger partial charge in [-0.3, -0.25) is 0 Å². The first kappa shape index (κ1) is 16.3. The number of para-hydroxylation sites is 1. The van der Waals surface area contributed by atoms with Crippen molar-refractivity contribution < 1.29 is 13.2 Å². The Labute approximate surface area is 131 Å². The molecule has 2 aromatic rings. The fourth-order valence-corrected chi connectivity index (χ4v) is 3.18. The molecule has 0 amide bonds. The first-order valence-corrected chi connectivity index (χ1v) is 8.43. The maximum absolute atomic E-state index is 12.2. The van der Waals surface area contributed by atoms with E-state index in [0.717, 1.165) is 11.3 Å². The van der Waals surface area contributed by atoms with Gasteiger partial charge >= 0.3 is 0 Å². The van der Waals surface area contributed by atoms with Gasteiger partial charge < -0.3 is 10.5 Å². The molecular formula is C16H20N2O3S. The normalized spacial score (nSPS) is 12.8. The Morgan fingerprint density at radius 3 is 2.41 bits per heavy atom. The van der Waals surface area contributed by atoms with Gasteiger partial charge in [0, 0.05) is 5.69 Å². The number of nitrogens with one attached hydrogen (secondary N) is 1. The third-order valence-corrected chi connectivity index (χ3v) is 4.73. The average molecular weight is 320 g/mol. The van der Waals surface area contributed by atoms with E-state index >= 15 is 0 Å². The number of ether oxygens (including phenoxy) is 1. The van der Waals surface area contributed by atoms with Crippen LogP contribution in [0.3, 0.4) is 0 Å². The third-order valence-electron chi connectivity index (χ3n) is 3.13. The Morgan fingerprint density at radius 1 is 1.14 bits per heavy atom. The minimum atomic E-state index is -3.58. The van der Waals surface area contributed by atoms with Crippen LogP contribution >= 0.6 is 0 Å². The lowest BCUT2D eigenvalue weighted by atomic mass is 10.2. The van der Waals surface area contributed by atoms with Gasteiger partial charge in [0.15, 0.2) is 0 Å². The van der Waals surface area contributed by atoms with Gasteiger partial charge in [-0.25, -0.2) is 13.1 Å². The zero-order chi connectivity index (χ0) is 16.2. The summed E-state index contributed by atoms with van der Waals surface area (Å²) in [7, 11) is -3.58. The second kappa shape index (κ2) is 6.81. The average Bonchev–Trinajstić information content (AvgIpc) is 2.46. The molecule has 1 unspecified atom stereocenters. The number of aryl methyl sites for hydroxylation is 1. The van der Waals surface area contributed by atoms with Crippen LogP contribution in [0.1, 0.15) is 12.5 Å². The lowest BCUT2D eigenvalue weighted by molar-refractivity contribution is 0.286. The molecule has 3 N–H and O–H groups in total. The highest BCUT2D eigenvalue weighted by Gasteiger charge is 2.17. The summed E-state index contributed by atoms with van der Waals surface area (Å²) in [6, 6.07) is 13.3. The summed E-state index contributed by atoms with van der Waals surface area (Å²) in [5.41, 5.74) is 7.10. The molecule has 0 saturated heterocycles. The van der Waals surface area contributed by atoms with Crippen molar-refractivity contribution in [3.63, 3.8) is 0 Å². The molecule has 22 heavy (non-hydrogen) atoms. The molecule has 0 radical (unpaired) electrons. The number of hydrogen-bond donors (Lipinski definition) is 2. The van der Waals surface area contributed by atoms with E-state index in [-0.39, 0.29) is 17.5 Å². The fraction of sp³-hybridized carbons (Fsp3) is 0.250. The molecule has 0 bridgehead atoms. The van der Waals surface area contributed by atoms with E-state index in [1.807, 2.05) is 31.2 Å². The van der Waals surface area contributed by atoms with Crippen molar-refractivity contribution in [3.05, 3.63) is 54.1 Å². The predicted molar refractivity (Wildman–Crippen MR) is 87.3 cm³/mol. The highest BCUT2D eigenvalue weighted by atomic mass is 32.2. The Morgan fingerprint density at radius 2 is 1.77 bits per heavy atom. The number of nitrogens with two attached hydrogens (primary N) is 1.